The number of carbonyl (C=O) groups is 1. The van der Waals surface area contributed by atoms with Gasteiger partial charge in [0.05, 0.1) is 0 Å². The number of nitrogen functional groups attached to an aromatic ring is 1. The zero-order chi connectivity index (χ0) is 13.4. The fourth-order valence-electron chi connectivity index (χ4n) is 1.87. The molecule has 0 aliphatic carbocycles. The van der Waals surface area contributed by atoms with Crippen molar-refractivity contribution in [2.75, 3.05) is 5.73 Å². The van der Waals surface area contributed by atoms with E-state index in [9.17, 15) is 4.79 Å². The number of hydrogen-bond donors (Lipinski definition) is 2. The van der Waals surface area contributed by atoms with Crippen LogP contribution in [-0.4, -0.2) is 16.2 Å². The van der Waals surface area contributed by atoms with Crippen molar-refractivity contribution in [3.8, 4) is 11.3 Å². The maximum absolute atomic E-state index is 10.9. The van der Waals surface area contributed by atoms with E-state index in [0.717, 1.165) is 16.7 Å². The van der Waals surface area contributed by atoms with Crippen molar-refractivity contribution < 1.29 is 14.4 Å². The summed E-state index contributed by atoms with van der Waals surface area (Å²) in [6.07, 6.45) is 0. The summed E-state index contributed by atoms with van der Waals surface area (Å²) >= 11 is 0. The minimum absolute atomic E-state index is 0.0566. The molecule has 1 aromatic carbocycles. The van der Waals surface area contributed by atoms with Gasteiger partial charge < -0.3 is 15.4 Å². The molecule has 0 amide bonds. The molecule has 2 aromatic rings. The second kappa shape index (κ2) is 4.18. The van der Waals surface area contributed by atoms with Gasteiger partial charge >= 0.3 is 5.97 Å². The van der Waals surface area contributed by atoms with Crippen LogP contribution in [0.25, 0.3) is 11.3 Å². The van der Waals surface area contributed by atoms with Crippen molar-refractivity contribution in [1.29, 1.82) is 0 Å². The molecule has 0 unspecified atom stereocenters. The summed E-state index contributed by atoms with van der Waals surface area (Å²) < 4.78 is 5.15. The molecule has 0 fully saturated rings. The zero-order valence-electron chi connectivity index (χ0n) is 10.4. The van der Waals surface area contributed by atoms with Crippen molar-refractivity contribution in [1.82, 2.24) is 5.16 Å². The summed E-state index contributed by atoms with van der Waals surface area (Å²) in [7, 11) is 0. The minimum atomic E-state index is -1.09. The van der Waals surface area contributed by atoms with Gasteiger partial charge in [0.2, 0.25) is 0 Å². The zero-order valence-corrected chi connectivity index (χ0v) is 10.4. The number of aromatic nitrogens is 1. The highest BCUT2D eigenvalue weighted by Gasteiger charge is 2.20. The Bertz CT molecular complexity index is 629. The van der Waals surface area contributed by atoms with E-state index in [1.807, 2.05) is 19.9 Å². The first-order chi connectivity index (χ1) is 8.43. The van der Waals surface area contributed by atoms with Crippen LogP contribution in [0.15, 0.2) is 16.7 Å². The van der Waals surface area contributed by atoms with E-state index in [4.69, 9.17) is 15.4 Å². The van der Waals surface area contributed by atoms with Crippen LogP contribution < -0.4 is 5.73 Å². The molecule has 5 heteroatoms. The first kappa shape index (κ1) is 12.2. The normalized spacial score (nSPS) is 10.6. The minimum Gasteiger partial charge on any atom is -0.476 e. The van der Waals surface area contributed by atoms with E-state index in [0.29, 0.717) is 17.0 Å². The van der Waals surface area contributed by atoms with Gasteiger partial charge in [-0.05, 0) is 44.0 Å². The highest BCUT2D eigenvalue weighted by Crippen LogP contribution is 2.31. The quantitative estimate of drug-likeness (QED) is 0.795. The third-order valence-corrected chi connectivity index (χ3v) is 3.20. The lowest BCUT2D eigenvalue weighted by molar-refractivity contribution is 0.0685. The van der Waals surface area contributed by atoms with E-state index in [-0.39, 0.29) is 5.69 Å². The lowest BCUT2D eigenvalue weighted by Gasteiger charge is -2.09. The molecule has 1 aromatic heterocycles. The van der Waals surface area contributed by atoms with Crippen LogP contribution in [-0.2, 0) is 0 Å². The molecule has 0 radical (unpaired) electrons. The third-order valence-electron chi connectivity index (χ3n) is 3.20. The van der Waals surface area contributed by atoms with E-state index in [1.165, 1.54) is 0 Å². The van der Waals surface area contributed by atoms with Gasteiger partial charge in [0.1, 0.15) is 0 Å². The maximum atomic E-state index is 10.9. The summed E-state index contributed by atoms with van der Waals surface area (Å²) in [5, 5.41) is 12.5. The van der Waals surface area contributed by atoms with Crippen molar-refractivity contribution >= 4 is 11.7 Å². The van der Waals surface area contributed by atoms with Gasteiger partial charge in [-0.15, -0.1) is 0 Å². The molecule has 1 heterocycles. The Labute approximate surface area is 104 Å². The first-order valence-corrected chi connectivity index (χ1v) is 5.49. The second-order valence-electron chi connectivity index (χ2n) is 4.24. The Hall–Kier alpha value is -2.30. The number of aromatic carboxylic acids is 1. The van der Waals surface area contributed by atoms with Gasteiger partial charge in [0.25, 0.3) is 0 Å². The number of nitrogens with zero attached hydrogens (tertiary/aromatic N) is 1. The third kappa shape index (κ3) is 1.73. The Morgan fingerprint density at radius 3 is 2.44 bits per heavy atom. The van der Waals surface area contributed by atoms with Crippen LogP contribution in [0, 0.1) is 20.8 Å². The van der Waals surface area contributed by atoms with Gasteiger partial charge in [-0.2, -0.15) is 0 Å². The fourth-order valence-corrected chi connectivity index (χ4v) is 1.87. The lowest BCUT2D eigenvalue weighted by Crippen LogP contribution is -1.99. The van der Waals surface area contributed by atoms with Gasteiger partial charge in [-0.3, -0.25) is 0 Å². The highest BCUT2D eigenvalue weighted by atomic mass is 16.5. The van der Waals surface area contributed by atoms with E-state index in [2.05, 4.69) is 5.16 Å². The number of carboxylic acids is 1. The molecule has 0 saturated carbocycles. The summed E-state index contributed by atoms with van der Waals surface area (Å²) in [5.41, 5.74) is 9.73. The van der Waals surface area contributed by atoms with Crippen LogP contribution >= 0.6 is 0 Å². The fraction of sp³-hybridized carbons (Fsp3) is 0.231. The Morgan fingerprint density at radius 2 is 1.89 bits per heavy atom. The van der Waals surface area contributed by atoms with Crippen molar-refractivity contribution in [2.24, 2.45) is 0 Å². The molecule has 0 aliphatic rings. The molecular weight excluding hydrogens is 232 g/mol. The average Bonchev–Trinajstić information content (AvgIpc) is 2.69. The number of rotatable bonds is 2. The standard InChI is InChI=1S/C13H14N2O3/c1-6-7(2)10(14)5-4-9(6)12-8(3)11(13(16)17)15-18-12/h4-5H,14H2,1-3H3,(H,16,17). The van der Waals surface area contributed by atoms with Crippen molar-refractivity contribution in [2.45, 2.75) is 20.8 Å². The monoisotopic (exact) mass is 246 g/mol. The van der Waals surface area contributed by atoms with Gasteiger partial charge in [-0.25, -0.2) is 4.79 Å². The van der Waals surface area contributed by atoms with Crippen LogP contribution in [0.1, 0.15) is 27.2 Å². The largest absolute Gasteiger partial charge is 0.476 e. The van der Waals surface area contributed by atoms with Gasteiger partial charge in [0.15, 0.2) is 11.5 Å². The molecule has 5 nitrogen and oxygen atoms in total. The molecule has 0 spiro atoms. The van der Waals surface area contributed by atoms with Crippen LogP contribution in [0.3, 0.4) is 0 Å². The molecule has 0 saturated heterocycles. The molecule has 0 aliphatic heterocycles. The summed E-state index contributed by atoms with van der Waals surface area (Å²) in [4.78, 5) is 10.9. The predicted octanol–water partition coefficient (Wildman–Crippen LogP) is 2.55. The molecule has 0 atom stereocenters. The molecule has 2 rings (SSSR count). The van der Waals surface area contributed by atoms with E-state index >= 15 is 0 Å². The number of nitrogens with two attached hydrogens (primary N) is 1. The summed E-state index contributed by atoms with van der Waals surface area (Å²) in [6, 6.07) is 3.59. The topological polar surface area (TPSA) is 89.3 Å². The number of benzene rings is 1. The molecular formula is C13H14N2O3. The summed E-state index contributed by atoms with van der Waals surface area (Å²) in [5.74, 6) is -0.611. The molecule has 94 valence electrons. The van der Waals surface area contributed by atoms with Crippen molar-refractivity contribution in [3.05, 3.63) is 34.5 Å². The van der Waals surface area contributed by atoms with Crippen LogP contribution in [0.4, 0.5) is 5.69 Å². The SMILES string of the molecule is Cc1c(C(=O)O)noc1-c1ccc(N)c(C)c1C. The van der Waals surface area contributed by atoms with Gasteiger partial charge in [-0.1, -0.05) is 5.16 Å². The Kier molecular flexibility index (Phi) is 2.82. The first-order valence-electron chi connectivity index (χ1n) is 5.49. The van der Waals surface area contributed by atoms with E-state index < -0.39 is 5.97 Å². The number of carboxylic acid groups (broad SMARTS) is 1. The predicted molar refractivity (Wildman–Crippen MR) is 67.5 cm³/mol. The maximum Gasteiger partial charge on any atom is 0.358 e. The van der Waals surface area contributed by atoms with Gasteiger partial charge in [0, 0.05) is 16.8 Å². The Morgan fingerprint density at radius 1 is 1.22 bits per heavy atom. The Balaban J connectivity index is 2.63. The molecule has 3 N–H and O–H groups in total. The highest BCUT2D eigenvalue weighted by molar-refractivity contribution is 5.89. The van der Waals surface area contributed by atoms with Crippen molar-refractivity contribution in [3.63, 3.8) is 0 Å². The molecule has 0 bridgehead atoms. The average molecular weight is 246 g/mol. The smallest absolute Gasteiger partial charge is 0.358 e. The number of hydrogen-bond acceptors (Lipinski definition) is 4. The van der Waals surface area contributed by atoms with Crippen LogP contribution in [0.5, 0.6) is 0 Å². The number of anilines is 1. The second-order valence-corrected chi connectivity index (χ2v) is 4.24. The van der Waals surface area contributed by atoms with E-state index in [1.54, 1.807) is 13.0 Å². The van der Waals surface area contributed by atoms with Crippen LogP contribution in [0.2, 0.25) is 0 Å². The summed E-state index contributed by atoms with van der Waals surface area (Å²) in [6.45, 7) is 5.52. The lowest BCUT2D eigenvalue weighted by atomic mass is 9.98. The molecule has 18 heavy (non-hydrogen) atoms.